The topological polar surface area (TPSA) is 118 Å². The van der Waals surface area contributed by atoms with Crippen LogP contribution >= 0.6 is 0 Å². The van der Waals surface area contributed by atoms with Crippen molar-refractivity contribution >= 4 is 21.7 Å². The van der Waals surface area contributed by atoms with Gasteiger partial charge in [0.2, 0.25) is 10.0 Å². The Morgan fingerprint density at radius 1 is 1.16 bits per heavy atom. The van der Waals surface area contributed by atoms with Gasteiger partial charge in [0.25, 0.3) is 5.69 Å². The smallest absolute Gasteiger partial charge is 0.321 e. The van der Waals surface area contributed by atoms with Crippen LogP contribution in [0.5, 0.6) is 0 Å². The molecule has 1 atom stereocenters. The minimum Gasteiger partial charge on any atom is -0.480 e. The van der Waals surface area contributed by atoms with Crippen LogP contribution in [-0.4, -0.2) is 34.8 Å². The first-order valence-corrected chi connectivity index (χ1v) is 8.70. The van der Waals surface area contributed by atoms with E-state index < -0.39 is 27.0 Å². The highest BCUT2D eigenvalue weighted by molar-refractivity contribution is 7.89. The molecule has 25 heavy (non-hydrogen) atoms. The minimum absolute atomic E-state index is 0.131. The highest BCUT2D eigenvalue weighted by atomic mass is 32.2. The lowest BCUT2D eigenvalue weighted by Crippen LogP contribution is -2.42. The Morgan fingerprint density at radius 3 is 2.20 bits per heavy atom. The summed E-state index contributed by atoms with van der Waals surface area (Å²) < 4.78 is 26.6. The summed E-state index contributed by atoms with van der Waals surface area (Å²) in [7, 11) is -4.16. The standard InChI is InChI=1S/C16H16N2O6S/c1-12(16(19)20)17(11-13-5-3-2-4-6-13)25(23,24)15-9-7-14(8-10-15)18(21)22/h2-10,12H,11H2,1H3,(H,19,20). The zero-order chi connectivity index (χ0) is 18.6. The SMILES string of the molecule is CC(C(=O)O)N(Cc1ccccc1)S(=O)(=O)c1ccc([N+](=O)[O-])cc1. The van der Waals surface area contributed by atoms with Gasteiger partial charge in [-0.1, -0.05) is 30.3 Å². The number of aliphatic carboxylic acids is 1. The van der Waals surface area contributed by atoms with E-state index in [1.54, 1.807) is 30.3 Å². The molecule has 8 nitrogen and oxygen atoms in total. The van der Waals surface area contributed by atoms with E-state index in [9.17, 15) is 28.4 Å². The number of hydrogen-bond acceptors (Lipinski definition) is 5. The van der Waals surface area contributed by atoms with Gasteiger partial charge in [-0.3, -0.25) is 14.9 Å². The first kappa shape index (κ1) is 18.6. The number of benzene rings is 2. The quantitative estimate of drug-likeness (QED) is 0.595. The first-order valence-electron chi connectivity index (χ1n) is 7.26. The largest absolute Gasteiger partial charge is 0.480 e. The van der Waals surface area contributed by atoms with Gasteiger partial charge >= 0.3 is 5.97 Å². The molecule has 0 saturated carbocycles. The molecule has 2 aromatic carbocycles. The normalized spacial score (nSPS) is 12.7. The molecule has 0 aromatic heterocycles. The van der Waals surface area contributed by atoms with Crippen molar-refractivity contribution in [1.29, 1.82) is 0 Å². The van der Waals surface area contributed by atoms with Crippen molar-refractivity contribution < 1.29 is 23.2 Å². The second-order valence-corrected chi connectivity index (χ2v) is 7.19. The lowest BCUT2D eigenvalue weighted by Gasteiger charge is -2.25. The fourth-order valence-electron chi connectivity index (χ4n) is 2.19. The van der Waals surface area contributed by atoms with Crippen molar-refractivity contribution in [3.05, 3.63) is 70.3 Å². The maximum Gasteiger partial charge on any atom is 0.321 e. The molecule has 2 aromatic rings. The van der Waals surface area contributed by atoms with Crippen LogP contribution < -0.4 is 0 Å². The third-order valence-electron chi connectivity index (χ3n) is 3.62. The summed E-state index contributed by atoms with van der Waals surface area (Å²) in [5.74, 6) is -1.29. The molecule has 0 aliphatic rings. The molecular formula is C16H16N2O6S. The molecule has 0 aliphatic carbocycles. The van der Waals surface area contributed by atoms with E-state index in [2.05, 4.69) is 0 Å². The van der Waals surface area contributed by atoms with Crippen LogP contribution in [0.1, 0.15) is 12.5 Å². The molecule has 9 heteroatoms. The summed E-state index contributed by atoms with van der Waals surface area (Å²) in [4.78, 5) is 21.2. The Kier molecular flexibility index (Phi) is 5.50. The molecule has 0 bridgehead atoms. The fraction of sp³-hybridized carbons (Fsp3) is 0.188. The molecule has 132 valence electrons. The van der Waals surface area contributed by atoms with E-state index in [0.717, 1.165) is 28.6 Å². The van der Waals surface area contributed by atoms with Crippen LogP contribution in [0.4, 0.5) is 5.69 Å². The van der Waals surface area contributed by atoms with Gasteiger partial charge in [-0.15, -0.1) is 0 Å². The van der Waals surface area contributed by atoms with Gasteiger partial charge < -0.3 is 5.11 Å². The molecule has 0 spiro atoms. The van der Waals surface area contributed by atoms with Gasteiger partial charge in [0.15, 0.2) is 0 Å². The Balaban J connectivity index is 2.43. The molecule has 1 N–H and O–H groups in total. The Bertz CT molecular complexity index is 865. The zero-order valence-corrected chi connectivity index (χ0v) is 14.1. The van der Waals surface area contributed by atoms with Crippen molar-refractivity contribution in [1.82, 2.24) is 4.31 Å². The summed E-state index contributed by atoms with van der Waals surface area (Å²) >= 11 is 0. The summed E-state index contributed by atoms with van der Waals surface area (Å²) in [5.41, 5.74) is 0.376. The fourth-order valence-corrected chi connectivity index (χ4v) is 3.77. The number of non-ortho nitro benzene ring substituents is 1. The van der Waals surface area contributed by atoms with E-state index in [4.69, 9.17) is 0 Å². The van der Waals surface area contributed by atoms with Crippen molar-refractivity contribution in [2.45, 2.75) is 24.4 Å². The summed E-state index contributed by atoms with van der Waals surface area (Å²) in [6, 6.07) is 11.6. The minimum atomic E-state index is -4.16. The van der Waals surface area contributed by atoms with Gasteiger partial charge in [0.1, 0.15) is 6.04 Å². The number of hydrogen-bond donors (Lipinski definition) is 1. The highest BCUT2D eigenvalue weighted by Crippen LogP contribution is 2.23. The number of nitro benzene ring substituents is 1. The lowest BCUT2D eigenvalue weighted by molar-refractivity contribution is -0.384. The van der Waals surface area contributed by atoms with Crippen LogP contribution in [0, 0.1) is 10.1 Å². The second-order valence-electron chi connectivity index (χ2n) is 5.30. The molecule has 0 fully saturated rings. The van der Waals surface area contributed by atoms with E-state index in [1.165, 1.54) is 6.92 Å². The molecule has 0 amide bonds. The van der Waals surface area contributed by atoms with Crippen LogP contribution in [0.15, 0.2) is 59.5 Å². The number of carbonyl (C=O) groups is 1. The number of rotatable bonds is 7. The van der Waals surface area contributed by atoms with Crippen molar-refractivity contribution in [3.8, 4) is 0 Å². The van der Waals surface area contributed by atoms with Gasteiger partial charge in [0, 0.05) is 18.7 Å². The van der Waals surface area contributed by atoms with Crippen LogP contribution in [0.2, 0.25) is 0 Å². The summed E-state index contributed by atoms with van der Waals surface area (Å²) in [6.07, 6.45) is 0. The average Bonchev–Trinajstić information content (AvgIpc) is 2.59. The highest BCUT2D eigenvalue weighted by Gasteiger charge is 2.33. The Hall–Kier alpha value is -2.78. The molecule has 0 saturated heterocycles. The number of nitro groups is 1. The molecule has 0 radical (unpaired) electrons. The molecule has 0 aliphatic heterocycles. The van der Waals surface area contributed by atoms with Crippen LogP contribution in [0.25, 0.3) is 0 Å². The van der Waals surface area contributed by atoms with Gasteiger partial charge in [0.05, 0.1) is 9.82 Å². The van der Waals surface area contributed by atoms with Gasteiger partial charge in [-0.25, -0.2) is 8.42 Å². The Morgan fingerprint density at radius 2 is 1.72 bits per heavy atom. The predicted octanol–water partition coefficient (Wildman–Crippen LogP) is 2.26. The number of carboxylic acids is 1. The van der Waals surface area contributed by atoms with Crippen molar-refractivity contribution in [2.75, 3.05) is 0 Å². The van der Waals surface area contributed by atoms with E-state index in [0.29, 0.717) is 5.56 Å². The lowest BCUT2D eigenvalue weighted by atomic mass is 10.2. The third kappa shape index (κ3) is 4.20. The van der Waals surface area contributed by atoms with E-state index in [1.807, 2.05) is 0 Å². The maximum atomic E-state index is 12.9. The van der Waals surface area contributed by atoms with Gasteiger partial charge in [-0.2, -0.15) is 4.31 Å². The molecular weight excluding hydrogens is 348 g/mol. The average molecular weight is 364 g/mol. The third-order valence-corrected chi connectivity index (χ3v) is 5.56. The second kappa shape index (κ2) is 7.41. The van der Waals surface area contributed by atoms with Crippen molar-refractivity contribution in [2.24, 2.45) is 0 Å². The predicted molar refractivity (Wildman–Crippen MR) is 89.4 cm³/mol. The summed E-state index contributed by atoms with van der Waals surface area (Å²) in [6.45, 7) is 1.14. The van der Waals surface area contributed by atoms with Crippen molar-refractivity contribution in [3.63, 3.8) is 0 Å². The number of sulfonamides is 1. The zero-order valence-electron chi connectivity index (χ0n) is 13.3. The Labute approximate surface area is 144 Å². The van der Waals surface area contributed by atoms with E-state index in [-0.39, 0.29) is 17.1 Å². The maximum absolute atomic E-state index is 12.9. The first-order chi connectivity index (χ1) is 11.7. The summed E-state index contributed by atoms with van der Waals surface area (Å²) in [5, 5.41) is 20.0. The van der Waals surface area contributed by atoms with Crippen LogP contribution in [0.3, 0.4) is 0 Å². The molecule has 1 unspecified atom stereocenters. The van der Waals surface area contributed by atoms with Crippen LogP contribution in [-0.2, 0) is 21.4 Å². The molecule has 0 heterocycles. The van der Waals surface area contributed by atoms with Gasteiger partial charge in [-0.05, 0) is 24.6 Å². The number of carboxylic acid groups (broad SMARTS) is 1. The van der Waals surface area contributed by atoms with E-state index >= 15 is 0 Å². The number of nitrogens with zero attached hydrogens (tertiary/aromatic N) is 2. The molecule has 2 rings (SSSR count). The monoisotopic (exact) mass is 364 g/mol.